The Hall–Kier alpha value is -1.79. The molecule has 5 fully saturated rings. The van der Waals surface area contributed by atoms with Crippen LogP contribution in [0.2, 0.25) is 0 Å². The van der Waals surface area contributed by atoms with Crippen molar-refractivity contribution in [2.75, 3.05) is 26.9 Å². The number of amides is 2. The van der Waals surface area contributed by atoms with Gasteiger partial charge in [-0.1, -0.05) is 6.07 Å². The highest BCUT2D eigenvalue weighted by Gasteiger charge is 2.51. The van der Waals surface area contributed by atoms with Crippen LogP contribution in [-0.4, -0.2) is 42.9 Å². The number of ether oxygens (including phenoxy) is 2. The molecule has 1 aliphatic heterocycles. The minimum Gasteiger partial charge on any atom is -0.493 e. The number of nitrogens with zero attached hydrogens (tertiary/aromatic N) is 1. The third kappa shape index (κ3) is 3.82. The fraction of sp³-hybridized carbons (Fsp3) is 0.600. The summed E-state index contributed by atoms with van der Waals surface area (Å²) in [6.45, 7) is 3.16. The number of methoxy groups -OCH3 is 1. The van der Waals surface area contributed by atoms with E-state index in [-0.39, 0.29) is 23.1 Å². The van der Waals surface area contributed by atoms with Gasteiger partial charge < -0.3 is 9.47 Å². The summed E-state index contributed by atoms with van der Waals surface area (Å²) < 4.78 is 10.9. The lowest BCUT2D eigenvalue weighted by molar-refractivity contribution is -0.123. The van der Waals surface area contributed by atoms with Crippen molar-refractivity contribution in [3.63, 3.8) is 0 Å². The zero-order chi connectivity index (χ0) is 21.6. The molecule has 1 saturated heterocycles. The van der Waals surface area contributed by atoms with Crippen LogP contribution >= 0.6 is 11.8 Å². The van der Waals surface area contributed by atoms with Crippen molar-refractivity contribution in [3.05, 3.63) is 34.2 Å². The lowest BCUT2D eigenvalue weighted by atomic mass is 9.48. The van der Waals surface area contributed by atoms with Crippen LogP contribution < -0.4 is 4.74 Å². The molecule has 4 aliphatic carbocycles. The molecule has 0 aromatic heterocycles. The Morgan fingerprint density at radius 2 is 1.81 bits per heavy atom. The first kappa shape index (κ1) is 21.1. The molecule has 6 heteroatoms. The monoisotopic (exact) mass is 441 g/mol. The molecular weight excluding hydrogens is 410 g/mol. The molecule has 31 heavy (non-hydrogen) atoms. The maximum atomic E-state index is 12.8. The summed E-state index contributed by atoms with van der Waals surface area (Å²) in [5, 5.41) is -0.233. The van der Waals surface area contributed by atoms with Crippen molar-refractivity contribution in [2.45, 2.75) is 50.9 Å². The van der Waals surface area contributed by atoms with E-state index in [2.05, 4.69) is 18.2 Å². The van der Waals surface area contributed by atoms with Crippen molar-refractivity contribution in [3.8, 4) is 5.75 Å². The second kappa shape index (κ2) is 8.28. The van der Waals surface area contributed by atoms with Crippen molar-refractivity contribution in [2.24, 2.45) is 17.8 Å². The van der Waals surface area contributed by atoms with E-state index in [0.29, 0.717) is 18.1 Å². The molecule has 0 unspecified atom stereocenters. The van der Waals surface area contributed by atoms with E-state index in [0.717, 1.165) is 40.8 Å². The number of carbonyl (C=O) groups excluding carboxylic acids is 2. The standard InChI is InChI=1S/C25H31NO4S/c1-3-30-21-5-4-20(25-13-16-8-17(14-25)10-18(9-16)15-25)11-19(21)12-22-23(27)26(6-7-29-2)24(28)31-22/h4-5,11-12,16-18H,3,6-10,13-15H2,1-2H3/b22-12+. The number of imide groups is 1. The highest BCUT2D eigenvalue weighted by Crippen LogP contribution is 2.61. The zero-order valence-electron chi connectivity index (χ0n) is 18.4. The van der Waals surface area contributed by atoms with E-state index in [4.69, 9.17) is 9.47 Å². The predicted octanol–water partition coefficient (Wildman–Crippen LogP) is 5.24. The van der Waals surface area contributed by atoms with Gasteiger partial charge in [0.15, 0.2) is 0 Å². The summed E-state index contributed by atoms with van der Waals surface area (Å²) in [5.41, 5.74) is 2.58. The molecule has 5 aliphatic rings. The van der Waals surface area contributed by atoms with Crippen LogP contribution in [0.5, 0.6) is 5.75 Å². The highest BCUT2D eigenvalue weighted by molar-refractivity contribution is 8.18. The van der Waals surface area contributed by atoms with E-state index < -0.39 is 0 Å². The summed E-state index contributed by atoms with van der Waals surface area (Å²) in [5.74, 6) is 3.16. The van der Waals surface area contributed by atoms with E-state index in [1.54, 1.807) is 7.11 Å². The molecule has 4 saturated carbocycles. The summed E-state index contributed by atoms with van der Waals surface area (Å²) in [7, 11) is 1.57. The van der Waals surface area contributed by atoms with E-state index in [1.807, 2.05) is 13.0 Å². The minimum atomic E-state index is -0.241. The molecule has 1 heterocycles. The maximum absolute atomic E-state index is 12.8. The molecule has 5 nitrogen and oxygen atoms in total. The lowest BCUT2D eigenvalue weighted by Crippen LogP contribution is -2.48. The smallest absolute Gasteiger partial charge is 0.293 e. The average molecular weight is 442 g/mol. The Morgan fingerprint density at radius 1 is 1.13 bits per heavy atom. The van der Waals surface area contributed by atoms with Crippen LogP contribution in [0, 0.1) is 17.8 Å². The second-order valence-electron chi connectivity index (χ2n) is 9.71. The Morgan fingerprint density at radius 3 is 2.42 bits per heavy atom. The highest BCUT2D eigenvalue weighted by atomic mass is 32.2. The zero-order valence-corrected chi connectivity index (χ0v) is 19.2. The van der Waals surface area contributed by atoms with Gasteiger partial charge in [0.25, 0.3) is 11.1 Å². The van der Waals surface area contributed by atoms with Gasteiger partial charge in [0.1, 0.15) is 5.75 Å². The molecule has 4 bridgehead atoms. The van der Waals surface area contributed by atoms with Gasteiger partial charge in [0.05, 0.1) is 24.7 Å². The molecule has 166 valence electrons. The summed E-state index contributed by atoms with van der Waals surface area (Å²) in [6.07, 6.45) is 9.97. The minimum absolute atomic E-state index is 0.233. The van der Waals surface area contributed by atoms with Gasteiger partial charge in [-0.3, -0.25) is 14.5 Å². The van der Waals surface area contributed by atoms with Gasteiger partial charge >= 0.3 is 0 Å². The lowest BCUT2D eigenvalue weighted by Gasteiger charge is -2.57. The molecule has 6 rings (SSSR count). The van der Waals surface area contributed by atoms with Crippen LogP contribution in [0.4, 0.5) is 4.79 Å². The van der Waals surface area contributed by atoms with Gasteiger partial charge in [-0.15, -0.1) is 0 Å². The van der Waals surface area contributed by atoms with Crippen LogP contribution in [0.15, 0.2) is 23.1 Å². The number of benzene rings is 1. The number of hydrogen-bond acceptors (Lipinski definition) is 5. The second-order valence-corrected chi connectivity index (χ2v) is 10.7. The van der Waals surface area contributed by atoms with Crippen molar-refractivity contribution in [1.82, 2.24) is 4.90 Å². The number of rotatable bonds is 7. The third-order valence-corrected chi connectivity index (χ3v) is 8.55. The SMILES string of the molecule is CCOc1ccc(C23CC4CC(CC(C4)C2)C3)cc1/C=C1/SC(=O)N(CCOC)C1=O. The molecule has 2 amide bonds. The van der Waals surface area contributed by atoms with Gasteiger partial charge in [0.2, 0.25) is 0 Å². The van der Waals surface area contributed by atoms with E-state index >= 15 is 0 Å². The van der Waals surface area contributed by atoms with Crippen LogP contribution in [0.25, 0.3) is 6.08 Å². The summed E-state index contributed by atoms with van der Waals surface area (Å²) in [4.78, 5) is 26.9. The fourth-order valence-electron chi connectivity index (χ4n) is 6.76. The molecular formula is C25H31NO4S. The van der Waals surface area contributed by atoms with Gasteiger partial charge in [-0.2, -0.15) is 0 Å². The molecule has 1 aromatic carbocycles. The van der Waals surface area contributed by atoms with Crippen LogP contribution in [0.3, 0.4) is 0 Å². The first-order valence-electron chi connectivity index (χ1n) is 11.5. The molecule has 0 atom stereocenters. The molecule has 0 spiro atoms. The Kier molecular flexibility index (Phi) is 5.63. The summed E-state index contributed by atoms with van der Waals surface area (Å²) in [6, 6.07) is 6.56. The Labute approximate surface area is 188 Å². The maximum Gasteiger partial charge on any atom is 0.293 e. The summed E-state index contributed by atoms with van der Waals surface area (Å²) >= 11 is 1.01. The van der Waals surface area contributed by atoms with E-state index in [1.165, 1.54) is 49.0 Å². The third-order valence-electron chi connectivity index (χ3n) is 7.64. The van der Waals surface area contributed by atoms with E-state index in [9.17, 15) is 9.59 Å². The fourth-order valence-corrected chi connectivity index (χ4v) is 7.61. The van der Waals surface area contributed by atoms with Gasteiger partial charge in [0, 0.05) is 12.7 Å². The quantitative estimate of drug-likeness (QED) is 0.542. The predicted molar refractivity (Wildman–Crippen MR) is 122 cm³/mol. The Balaban J connectivity index is 1.48. The first-order chi connectivity index (χ1) is 15.0. The topological polar surface area (TPSA) is 55.8 Å². The average Bonchev–Trinajstić information content (AvgIpc) is 2.99. The van der Waals surface area contributed by atoms with Crippen molar-refractivity contribution in [1.29, 1.82) is 0 Å². The number of thioether (sulfide) groups is 1. The molecule has 0 radical (unpaired) electrons. The van der Waals surface area contributed by atoms with Crippen molar-refractivity contribution < 1.29 is 19.1 Å². The van der Waals surface area contributed by atoms with Crippen molar-refractivity contribution >= 4 is 29.0 Å². The number of hydrogen-bond donors (Lipinski definition) is 0. The first-order valence-corrected chi connectivity index (χ1v) is 12.3. The largest absolute Gasteiger partial charge is 0.493 e. The number of carbonyl (C=O) groups is 2. The van der Waals surface area contributed by atoms with Gasteiger partial charge in [-0.25, -0.2) is 0 Å². The molecule has 1 aromatic rings. The molecule has 0 N–H and O–H groups in total. The van der Waals surface area contributed by atoms with Gasteiger partial charge in [-0.05, 0) is 104 Å². The van der Waals surface area contributed by atoms with Crippen LogP contribution in [0.1, 0.15) is 56.6 Å². The Bertz CT molecular complexity index is 889. The normalized spacial score (nSPS) is 33.0. The van der Waals surface area contributed by atoms with Crippen LogP contribution in [-0.2, 0) is 14.9 Å².